The first kappa shape index (κ1) is 58.5. The maximum absolute atomic E-state index is 12.8. The Bertz CT molecular complexity index is 1290. The number of carboxylic acid groups (broad SMARTS) is 1. The zero-order valence-corrected chi connectivity index (χ0v) is 40.3. The van der Waals surface area contributed by atoms with Crippen LogP contribution in [0.5, 0.6) is 0 Å². The first-order chi connectivity index (χ1) is 30.1. The van der Waals surface area contributed by atoms with E-state index in [1.54, 1.807) is 0 Å². The summed E-state index contributed by atoms with van der Waals surface area (Å²) in [5.74, 6) is -1.52. The molecular weight excluding hydrogens is 775 g/mol. The highest BCUT2D eigenvalue weighted by molar-refractivity contribution is 5.72. The molecule has 0 heterocycles. The second-order valence-electron chi connectivity index (χ2n) is 17.3. The van der Waals surface area contributed by atoms with Gasteiger partial charge in [0.15, 0.2) is 12.1 Å². The Hall–Kier alpha value is -3.49. The van der Waals surface area contributed by atoms with E-state index in [0.717, 1.165) is 89.9 Å². The van der Waals surface area contributed by atoms with Crippen LogP contribution in [0.25, 0.3) is 0 Å². The molecular formula is C54H92NO7+. The predicted octanol–water partition coefficient (Wildman–Crippen LogP) is 14.1. The number of unbranched alkanes of at least 4 members (excludes halogenated alkanes) is 15. The van der Waals surface area contributed by atoms with Gasteiger partial charge in [-0.3, -0.25) is 9.59 Å². The Morgan fingerprint density at radius 3 is 1.35 bits per heavy atom. The molecule has 2 atom stereocenters. The zero-order valence-electron chi connectivity index (χ0n) is 40.3. The van der Waals surface area contributed by atoms with E-state index in [2.05, 4.69) is 98.9 Å². The van der Waals surface area contributed by atoms with Crippen molar-refractivity contribution < 1.29 is 38.2 Å². The lowest BCUT2D eigenvalue weighted by Gasteiger charge is -2.31. The molecule has 62 heavy (non-hydrogen) atoms. The zero-order chi connectivity index (χ0) is 45.6. The van der Waals surface area contributed by atoms with Crippen molar-refractivity contribution in [2.24, 2.45) is 0 Å². The molecule has 0 aromatic heterocycles. The normalized spacial score (nSPS) is 13.6. The van der Waals surface area contributed by atoms with E-state index in [1.165, 1.54) is 64.2 Å². The van der Waals surface area contributed by atoms with Crippen LogP contribution in [0.1, 0.15) is 187 Å². The summed E-state index contributed by atoms with van der Waals surface area (Å²) in [5, 5.41) is 9.64. The van der Waals surface area contributed by atoms with E-state index in [4.69, 9.17) is 14.2 Å². The molecule has 0 rings (SSSR count). The molecule has 0 saturated heterocycles. The molecule has 2 unspecified atom stereocenters. The van der Waals surface area contributed by atoms with Gasteiger partial charge in [0.2, 0.25) is 0 Å². The molecule has 0 fully saturated rings. The van der Waals surface area contributed by atoms with Gasteiger partial charge >= 0.3 is 17.9 Å². The number of hydrogen-bond donors (Lipinski definition) is 1. The van der Waals surface area contributed by atoms with Crippen molar-refractivity contribution in [2.45, 2.75) is 199 Å². The van der Waals surface area contributed by atoms with Crippen LogP contribution in [-0.4, -0.2) is 80.6 Å². The minimum absolute atomic E-state index is 0.0440. The Kier molecular flexibility index (Phi) is 41.6. The number of likely N-dealkylation sites (N-methyl/N-ethyl adjacent to an activating group) is 1. The van der Waals surface area contributed by atoms with Crippen LogP contribution in [0.4, 0.5) is 0 Å². The Morgan fingerprint density at radius 1 is 0.500 bits per heavy atom. The minimum Gasteiger partial charge on any atom is -0.477 e. The molecule has 8 heteroatoms. The lowest BCUT2D eigenvalue weighted by Crippen LogP contribution is -2.50. The van der Waals surface area contributed by atoms with Crippen molar-refractivity contribution in [3.63, 3.8) is 0 Å². The molecule has 0 amide bonds. The van der Waals surface area contributed by atoms with Crippen LogP contribution in [0, 0.1) is 0 Å². The smallest absolute Gasteiger partial charge is 0.362 e. The summed E-state index contributed by atoms with van der Waals surface area (Å²) in [6, 6.07) is -0.625. The summed E-state index contributed by atoms with van der Waals surface area (Å²) in [5.41, 5.74) is 0. The fourth-order valence-electron chi connectivity index (χ4n) is 6.74. The molecule has 0 spiro atoms. The van der Waals surface area contributed by atoms with Gasteiger partial charge < -0.3 is 23.8 Å². The first-order valence-electron chi connectivity index (χ1n) is 24.6. The second-order valence-corrected chi connectivity index (χ2v) is 17.3. The molecule has 0 aliphatic rings. The third kappa shape index (κ3) is 41.8. The summed E-state index contributed by atoms with van der Waals surface area (Å²) in [6.07, 6.45) is 57.7. The van der Waals surface area contributed by atoms with Crippen molar-refractivity contribution >= 4 is 17.9 Å². The van der Waals surface area contributed by atoms with Gasteiger partial charge in [-0.25, -0.2) is 4.79 Å². The number of hydrogen-bond acceptors (Lipinski definition) is 6. The molecule has 1 N–H and O–H groups in total. The van der Waals surface area contributed by atoms with Gasteiger partial charge in [0.05, 0.1) is 34.4 Å². The number of allylic oxidation sites excluding steroid dienone is 14. The lowest BCUT2D eigenvalue weighted by molar-refractivity contribution is -0.887. The molecule has 0 aliphatic heterocycles. The van der Waals surface area contributed by atoms with Gasteiger partial charge in [0.1, 0.15) is 6.61 Å². The Balaban J connectivity index is 4.33. The highest BCUT2D eigenvalue weighted by atomic mass is 16.6. The molecule has 0 bridgehead atoms. The SMILES string of the molecule is CC/C=C/C/C=C/C/C=C/C/C=C/CCCCCC(=O)OCC(COCCC(C(=O)O)[N+](C)(C)C)OC(=O)CCCCCCCCCCC/C=C/C/C=C/C/C=C/CCCCC. The third-order valence-electron chi connectivity index (χ3n) is 10.5. The number of carboxylic acids is 1. The number of nitrogens with zero attached hydrogens (tertiary/aromatic N) is 1. The second kappa shape index (κ2) is 44.1. The van der Waals surface area contributed by atoms with Gasteiger partial charge in [0, 0.05) is 19.3 Å². The van der Waals surface area contributed by atoms with Crippen LogP contribution in [-0.2, 0) is 28.6 Å². The summed E-state index contributed by atoms with van der Waals surface area (Å²) >= 11 is 0. The predicted molar refractivity (Wildman–Crippen MR) is 261 cm³/mol. The highest BCUT2D eigenvalue weighted by Crippen LogP contribution is 2.14. The summed E-state index contributed by atoms with van der Waals surface area (Å²) < 4.78 is 17.3. The van der Waals surface area contributed by atoms with E-state index in [0.29, 0.717) is 19.3 Å². The third-order valence-corrected chi connectivity index (χ3v) is 10.5. The van der Waals surface area contributed by atoms with E-state index in [-0.39, 0.29) is 36.2 Å². The van der Waals surface area contributed by atoms with E-state index >= 15 is 0 Å². The molecule has 0 aromatic carbocycles. The van der Waals surface area contributed by atoms with Crippen LogP contribution in [0.3, 0.4) is 0 Å². The maximum Gasteiger partial charge on any atom is 0.362 e. The molecule has 354 valence electrons. The Labute approximate surface area is 380 Å². The molecule has 0 aliphatic carbocycles. The maximum atomic E-state index is 12.8. The molecule has 8 nitrogen and oxygen atoms in total. The number of carbonyl (C=O) groups excluding carboxylic acids is 2. The van der Waals surface area contributed by atoms with Crippen molar-refractivity contribution in [1.29, 1.82) is 0 Å². The molecule has 0 radical (unpaired) electrons. The van der Waals surface area contributed by atoms with E-state index < -0.39 is 18.1 Å². The number of carbonyl (C=O) groups is 3. The standard InChI is InChI=1S/C54H91NO7/c1-6-8-10-12-14-16-18-20-22-24-25-26-27-28-29-31-33-35-37-39-41-43-45-53(57)62-50(48-60-47-46-51(54(58)59)55(3,4)5)49-61-52(56)44-42-40-38-36-34-32-30-23-21-19-17-15-13-11-9-7-2/h9,11,14-17,20-23,25-26,32,34,50-51H,6-8,10,12-13,18-19,24,27-31,33,35-49H2,1-5H3/p+1/b11-9+,16-14+,17-15+,22-20+,23-21+,26-25+,34-32+. The molecule has 0 aromatic rings. The van der Waals surface area contributed by atoms with Gasteiger partial charge in [-0.2, -0.15) is 0 Å². The molecule has 0 saturated carbocycles. The van der Waals surface area contributed by atoms with Gasteiger partial charge in [-0.15, -0.1) is 0 Å². The van der Waals surface area contributed by atoms with Gasteiger partial charge in [-0.05, 0) is 89.9 Å². The topological polar surface area (TPSA) is 99.1 Å². The minimum atomic E-state index is -0.883. The first-order valence-corrected chi connectivity index (χ1v) is 24.6. The number of ether oxygens (including phenoxy) is 3. The van der Waals surface area contributed by atoms with Crippen LogP contribution in [0.2, 0.25) is 0 Å². The van der Waals surface area contributed by atoms with Crippen molar-refractivity contribution in [3.8, 4) is 0 Å². The fraction of sp³-hybridized carbons (Fsp3) is 0.685. The van der Waals surface area contributed by atoms with Crippen LogP contribution in [0.15, 0.2) is 85.1 Å². The van der Waals surface area contributed by atoms with Gasteiger partial charge in [0.25, 0.3) is 0 Å². The lowest BCUT2D eigenvalue weighted by atomic mass is 10.1. The fourth-order valence-corrected chi connectivity index (χ4v) is 6.74. The Morgan fingerprint density at radius 2 is 0.903 bits per heavy atom. The van der Waals surface area contributed by atoms with Crippen LogP contribution < -0.4 is 0 Å². The monoisotopic (exact) mass is 867 g/mol. The number of quaternary nitrogens is 1. The van der Waals surface area contributed by atoms with E-state index in [1.807, 2.05) is 21.1 Å². The van der Waals surface area contributed by atoms with E-state index in [9.17, 15) is 19.5 Å². The van der Waals surface area contributed by atoms with Crippen molar-refractivity contribution in [2.75, 3.05) is 41.0 Å². The number of esters is 2. The van der Waals surface area contributed by atoms with Crippen molar-refractivity contribution in [1.82, 2.24) is 0 Å². The average Bonchev–Trinajstić information content (AvgIpc) is 3.23. The number of aliphatic carboxylic acids is 1. The van der Waals surface area contributed by atoms with Crippen molar-refractivity contribution in [3.05, 3.63) is 85.1 Å². The summed E-state index contributed by atoms with van der Waals surface area (Å²) in [4.78, 5) is 37.1. The summed E-state index contributed by atoms with van der Waals surface area (Å²) in [6.45, 7) is 4.55. The largest absolute Gasteiger partial charge is 0.477 e. The van der Waals surface area contributed by atoms with Gasteiger partial charge in [-0.1, -0.05) is 163 Å². The highest BCUT2D eigenvalue weighted by Gasteiger charge is 2.31. The number of rotatable bonds is 43. The average molecular weight is 867 g/mol. The quantitative estimate of drug-likeness (QED) is 0.0282. The summed E-state index contributed by atoms with van der Waals surface area (Å²) in [7, 11) is 5.51. The van der Waals surface area contributed by atoms with Crippen LogP contribution >= 0.6 is 0 Å².